The number of benzene rings is 7. The summed E-state index contributed by atoms with van der Waals surface area (Å²) < 4.78 is 4.64. The number of hydrogen-bond acceptors (Lipinski definition) is 4. The number of fused-ring (bicyclic) bond motifs is 9. The van der Waals surface area contributed by atoms with Crippen molar-refractivity contribution in [2.45, 2.75) is 19.3 Å². The molecule has 4 aromatic heterocycles. The number of hydrogen-bond donors (Lipinski definition) is 0. The Morgan fingerprint density at radius 2 is 1.07 bits per heavy atom. The number of nitrogens with zero attached hydrogens (tertiary/aromatic N) is 6. The second-order valence-electron chi connectivity index (χ2n) is 15.9. The van der Waals surface area contributed by atoms with Crippen molar-refractivity contribution in [3.8, 4) is 56.7 Å². The second kappa shape index (κ2) is 12.7. The third kappa shape index (κ3) is 4.99. The zero-order chi connectivity index (χ0) is 39.2. The van der Waals surface area contributed by atoms with Gasteiger partial charge in [-0.25, -0.2) is 19.9 Å². The van der Waals surface area contributed by atoms with Gasteiger partial charge < -0.3 is 4.57 Å². The number of aromatic nitrogens is 6. The normalized spacial score (nSPS) is 13.1. The predicted molar refractivity (Wildman–Crippen MR) is 240 cm³/mol. The van der Waals surface area contributed by atoms with Crippen LogP contribution in [0.25, 0.3) is 100 Å². The molecule has 7 aromatic carbocycles. The summed E-state index contributed by atoms with van der Waals surface area (Å²) in [4.78, 5) is 20.6. The van der Waals surface area contributed by atoms with Crippen LogP contribution in [-0.4, -0.2) is 29.1 Å². The molecule has 0 spiro atoms. The van der Waals surface area contributed by atoms with Gasteiger partial charge in [0.2, 0.25) is 0 Å². The molecule has 0 bridgehead atoms. The molecule has 0 atom stereocenters. The highest BCUT2D eigenvalue weighted by Crippen LogP contribution is 2.51. The molecule has 0 aliphatic heterocycles. The van der Waals surface area contributed by atoms with Gasteiger partial charge in [0.15, 0.2) is 17.5 Å². The number of para-hydroxylation sites is 2. The minimum absolute atomic E-state index is 0.143. The molecule has 0 saturated carbocycles. The summed E-state index contributed by atoms with van der Waals surface area (Å²) in [5, 5.41) is 4.58. The van der Waals surface area contributed by atoms with Crippen molar-refractivity contribution in [3.05, 3.63) is 193 Å². The fraction of sp³-hybridized carbons (Fsp3) is 0.0566. The van der Waals surface area contributed by atoms with Crippen LogP contribution < -0.4 is 0 Å². The molecule has 6 heteroatoms. The Morgan fingerprint density at radius 1 is 0.407 bits per heavy atom. The van der Waals surface area contributed by atoms with Gasteiger partial charge in [0.05, 0.1) is 16.6 Å². The van der Waals surface area contributed by atoms with Crippen LogP contribution in [0.3, 0.4) is 0 Å². The Hall–Kier alpha value is -7.70. The van der Waals surface area contributed by atoms with Gasteiger partial charge >= 0.3 is 0 Å². The smallest absolute Gasteiger partial charge is 0.164 e. The van der Waals surface area contributed by atoms with Gasteiger partial charge in [0, 0.05) is 61.2 Å². The topological polar surface area (TPSA) is 61.4 Å². The van der Waals surface area contributed by atoms with E-state index in [4.69, 9.17) is 19.9 Å². The largest absolute Gasteiger partial charge is 0.309 e. The third-order valence-corrected chi connectivity index (χ3v) is 12.2. The first-order valence-electron chi connectivity index (χ1n) is 20.1. The predicted octanol–water partition coefficient (Wildman–Crippen LogP) is 12.8. The molecule has 4 heterocycles. The van der Waals surface area contributed by atoms with Crippen molar-refractivity contribution < 1.29 is 0 Å². The van der Waals surface area contributed by atoms with Crippen LogP contribution in [0.5, 0.6) is 0 Å². The lowest BCUT2D eigenvalue weighted by molar-refractivity contribution is 0.660. The lowest BCUT2D eigenvalue weighted by Crippen LogP contribution is -2.14. The van der Waals surface area contributed by atoms with Crippen LogP contribution in [0, 0.1) is 0 Å². The first-order valence-corrected chi connectivity index (χ1v) is 20.1. The Balaban J connectivity index is 1.09. The average Bonchev–Trinajstić information content (AvgIpc) is 3.89. The summed E-state index contributed by atoms with van der Waals surface area (Å²) in [6.45, 7) is 4.61. The van der Waals surface area contributed by atoms with Gasteiger partial charge in [-0.15, -0.1) is 0 Å². The van der Waals surface area contributed by atoms with Crippen molar-refractivity contribution in [1.29, 1.82) is 0 Å². The maximum atomic E-state index is 5.32. The van der Waals surface area contributed by atoms with E-state index in [9.17, 15) is 0 Å². The lowest BCUT2D eigenvalue weighted by Gasteiger charge is -2.21. The van der Waals surface area contributed by atoms with E-state index >= 15 is 0 Å². The molecule has 11 aromatic rings. The summed E-state index contributed by atoms with van der Waals surface area (Å²) in [6, 6.07) is 62.2. The lowest BCUT2D eigenvalue weighted by atomic mass is 9.82. The van der Waals surface area contributed by atoms with Crippen molar-refractivity contribution in [2.75, 3.05) is 0 Å². The molecular weight excluding hydrogens is 721 g/mol. The van der Waals surface area contributed by atoms with E-state index in [2.05, 4.69) is 175 Å². The van der Waals surface area contributed by atoms with Gasteiger partial charge in [-0.3, -0.25) is 4.57 Å². The second-order valence-corrected chi connectivity index (χ2v) is 15.9. The average molecular weight is 757 g/mol. The van der Waals surface area contributed by atoms with Crippen LogP contribution in [-0.2, 0) is 5.41 Å². The van der Waals surface area contributed by atoms with E-state index < -0.39 is 0 Å². The first kappa shape index (κ1) is 33.4. The van der Waals surface area contributed by atoms with Gasteiger partial charge in [-0.2, -0.15) is 0 Å². The van der Waals surface area contributed by atoms with Crippen LogP contribution in [0.1, 0.15) is 25.0 Å². The molecule has 59 heavy (non-hydrogen) atoms. The van der Waals surface area contributed by atoms with E-state index in [0.717, 1.165) is 66.4 Å². The highest BCUT2D eigenvalue weighted by molar-refractivity contribution is 6.12. The molecule has 0 unspecified atom stereocenters. The highest BCUT2D eigenvalue weighted by atomic mass is 15.1. The summed E-state index contributed by atoms with van der Waals surface area (Å²) in [7, 11) is 0. The molecule has 0 radical (unpaired) electrons. The van der Waals surface area contributed by atoms with E-state index in [1.165, 1.54) is 27.6 Å². The Bertz CT molecular complexity index is 3420. The van der Waals surface area contributed by atoms with Gasteiger partial charge in [0.25, 0.3) is 0 Å². The van der Waals surface area contributed by atoms with Crippen LogP contribution in [0.2, 0.25) is 0 Å². The first-order chi connectivity index (χ1) is 29.0. The van der Waals surface area contributed by atoms with Gasteiger partial charge in [0.1, 0.15) is 5.65 Å². The molecule has 6 nitrogen and oxygen atoms in total. The van der Waals surface area contributed by atoms with Crippen LogP contribution in [0.15, 0.2) is 182 Å². The van der Waals surface area contributed by atoms with Crippen molar-refractivity contribution in [2.24, 2.45) is 0 Å². The SMILES string of the molecule is CC1(C)c2ccccc2-c2c(-c3nc(-c4ccccc4)nc(-c4ccc5c(c4)c4ccc(-n6c7ccccc7c7cccnc76)cc4n5-c4ccccc4)n3)cccc21. The molecule has 278 valence electrons. The summed E-state index contributed by atoms with van der Waals surface area (Å²) in [5.74, 6) is 1.94. The van der Waals surface area contributed by atoms with E-state index in [1.54, 1.807) is 0 Å². The quantitative estimate of drug-likeness (QED) is 0.175. The van der Waals surface area contributed by atoms with E-state index in [0.29, 0.717) is 17.5 Å². The molecule has 1 aliphatic carbocycles. The van der Waals surface area contributed by atoms with E-state index in [1.807, 2.05) is 30.5 Å². The highest BCUT2D eigenvalue weighted by Gasteiger charge is 2.37. The molecule has 0 amide bonds. The van der Waals surface area contributed by atoms with Gasteiger partial charge in [-0.1, -0.05) is 129 Å². The Labute approximate surface area is 340 Å². The van der Waals surface area contributed by atoms with Crippen LogP contribution in [0.4, 0.5) is 0 Å². The summed E-state index contributed by atoms with van der Waals surface area (Å²) >= 11 is 0. The minimum Gasteiger partial charge on any atom is -0.309 e. The monoisotopic (exact) mass is 756 g/mol. The maximum absolute atomic E-state index is 5.32. The maximum Gasteiger partial charge on any atom is 0.164 e. The minimum atomic E-state index is -0.143. The summed E-state index contributed by atoms with van der Waals surface area (Å²) in [5.41, 5.74) is 14.2. The van der Waals surface area contributed by atoms with E-state index in [-0.39, 0.29) is 5.41 Å². The molecular formula is C53H36N6. The fourth-order valence-corrected chi connectivity index (χ4v) is 9.48. The number of pyridine rings is 1. The molecule has 0 fully saturated rings. The molecule has 12 rings (SSSR count). The molecule has 1 aliphatic rings. The van der Waals surface area contributed by atoms with Crippen molar-refractivity contribution in [1.82, 2.24) is 29.1 Å². The zero-order valence-corrected chi connectivity index (χ0v) is 32.5. The Morgan fingerprint density at radius 3 is 1.93 bits per heavy atom. The van der Waals surface area contributed by atoms with Gasteiger partial charge in [-0.05, 0) is 82.9 Å². The number of rotatable bonds is 5. The van der Waals surface area contributed by atoms with Crippen LogP contribution >= 0.6 is 0 Å². The van der Waals surface area contributed by atoms with Crippen molar-refractivity contribution >= 4 is 43.7 Å². The standard InChI is InChI=1S/C53H36N6/c1-53(2)43-23-11-9-20-40(43)48-41(21-13-24-44(48)53)51-56-49(33-15-5-3-6-16-33)55-50(57-51)34-26-29-46-42(31-34)38-28-27-36(32-47(38)58(46)35-17-7-4-8-18-35)59-45-25-12-10-19-37(45)39-22-14-30-54-52(39)59/h3-32H,1-2H3. The third-order valence-electron chi connectivity index (χ3n) is 12.2. The summed E-state index contributed by atoms with van der Waals surface area (Å²) in [6.07, 6.45) is 1.87. The zero-order valence-electron chi connectivity index (χ0n) is 32.5. The molecule has 0 saturated heterocycles. The molecule has 0 N–H and O–H groups in total. The fourth-order valence-electron chi connectivity index (χ4n) is 9.48. The Kier molecular flexibility index (Phi) is 7.17. The van der Waals surface area contributed by atoms with Crippen molar-refractivity contribution in [3.63, 3.8) is 0 Å².